The molecule has 114 valence electrons. The maximum absolute atomic E-state index is 6.15. The van der Waals surface area contributed by atoms with Crippen LogP contribution in [0.5, 0.6) is 0 Å². The van der Waals surface area contributed by atoms with E-state index >= 15 is 0 Å². The summed E-state index contributed by atoms with van der Waals surface area (Å²) in [6, 6.07) is 8.01. The van der Waals surface area contributed by atoms with E-state index in [0.717, 1.165) is 33.8 Å². The molecule has 0 spiro atoms. The van der Waals surface area contributed by atoms with E-state index in [1.807, 2.05) is 24.3 Å². The largest absolute Gasteiger partial charge is 0.309 e. The van der Waals surface area contributed by atoms with E-state index in [1.54, 1.807) is 11.3 Å². The van der Waals surface area contributed by atoms with E-state index in [-0.39, 0.29) is 6.04 Å². The Balaban J connectivity index is 2.21. The molecule has 2 aromatic rings. The number of benzene rings is 1. The Morgan fingerprint density at radius 1 is 1.14 bits per heavy atom. The predicted molar refractivity (Wildman–Crippen MR) is 98.2 cm³/mol. The highest BCUT2D eigenvalue weighted by Gasteiger charge is 2.16. The zero-order valence-corrected chi connectivity index (χ0v) is 16.1. The highest BCUT2D eigenvalue weighted by Crippen LogP contribution is 2.36. The summed E-state index contributed by atoms with van der Waals surface area (Å²) in [5.74, 6) is 0. The minimum absolute atomic E-state index is 0.219. The molecular formula is C15H15BrCl3NS. The van der Waals surface area contributed by atoms with Crippen molar-refractivity contribution < 1.29 is 0 Å². The van der Waals surface area contributed by atoms with Gasteiger partial charge in [0.05, 0.1) is 18.9 Å². The molecule has 6 heteroatoms. The van der Waals surface area contributed by atoms with Crippen LogP contribution in [-0.2, 0) is 6.42 Å². The molecule has 0 aliphatic rings. The molecule has 1 heterocycles. The number of hydrogen-bond donors (Lipinski definition) is 1. The molecule has 2 rings (SSSR count). The molecule has 0 saturated heterocycles. The SMILES string of the molecule is CCCNC(Cc1ccc(Cl)c(Cl)c1)c1cc(Cl)c(Br)s1. The van der Waals surface area contributed by atoms with E-state index in [4.69, 9.17) is 34.8 Å². The van der Waals surface area contributed by atoms with Crippen LogP contribution < -0.4 is 5.32 Å². The standard InChI is InChI=1S/C15H15BrCl3NS/c1-2-5-20-13(14-8-12(19)15(16)21-14)7-9-3-4-10(17)11(18)6-9/h3-4,6,8,13,20H,2,5,7H2,1H3. The van der Waals surface area contributed by atoms with Crippen LogP contribution in [-0.4, -0.2) is 6.54 Å². The minimum Gasteiger partial charge on any atom is -0.309 e. The molecule has 0 bridgehead atoms. The van der Waals surface area contributed by atoms with Gasteiger partial charge in [-0.3, -0.25) is 0 Å². The highest BCUT2D eigenvalue weighted by molar-refractivity contribution is 9.11. The van der Waals surface area contributed by atoms with Crippen LogP contribution in [0.1, 0.15) is 29.8 Å². The lowest BCUT2D eigenvalue weighted by Gasteiger charge is -2.17. The van der Waals surface area contributed by atoms with Crippen molar-refractivity contribution in [3.05, 3.63) is 53.6 Å². The van der Waals surface area contributed by atoms with Gasteiger partial charge in [0.15, 0.2) is 0 Å². The first kappa shape index (κ1) is 17.6. The van der Waals surface area contributed by atoms with Crippen LogP contribution in [0.3, 0.4) is 0 Å². The van der Waals surface area contributed by atoms with Gasteiger partial charge in [0.25, 0.3) is 0 Å². The zero-order valence-electron chi connectivity index (χ0n) is 11.4. The summed E-state index contributed by atoms with van der Waals surface area (Å²) >= 11 is 23.4. The molecule has 1 aromatic carbocycles. The summed E-state index contributed by atoms with van der Waals surface area (Å²) in [7, 11) is 0. The summed E-state index contributed by atoms with van der Waals surface area (Å²) in [5, 5.41) is 5.50. The van der Waals surface area contributed by atoms with E-state index < -0.39 is 0 Å². The van der Waals surface area contributed by atoms with Crippen molar-refractivity contribution in [3.63, 3.8) is 0 Å². The van der Waals surface area contributed by atoms with Crippen molar-refractivity contribution in [3.8, 4) is 0 Å². The fraction of sp³-hybridized carbons (Fsp3) is 0.333. The van der Waals surface area contributed by atoms with E-state index in [9.17, 15) is 0 Å². The summed E-state index contributed by atoms with van der Waals surface area (Å²) in [4.78, 5) is 1.21. The van der Waals surface area contributed by atoms with Gasteiger partial charge in [0.1, 0.15) is 0 Å². The second kappa shape index (κ2) is 8.19. The average molecular weight is 428 g/mol. The van der Waals surface area contributed by atoms with Crippen LogP contribution in [0.15, 0.2) is 28.1 Å². The van der Waals surface area contributed by atoms with Gasteiger partial charge in [-0.25, -0.2) is 0 Å². The molecule has 0 fully saturated rings. The Morgan fingerprint density at radius 2 is 1.90 bits per heavy atom. The Morgan fingerprint density at radius 3 is 2.48 bits per heavy atom. The fourth-order valence-electron chi connectivity index (χ4n) is 2.03. The van der Waals surface area contributed by atoms with Gasteiger partial charge in [0, 0.05) is 10.9 Å². The van der Waals surface area contributed by atoms with E-state index in [0.29, 0.717) is 10.0 Å². The van der Waals surface area contributed by atoms with Crippen molar-refractivity contribution in [1.29, 1.82) is 0 Å². The Hall–Kier alpha value is 0.230. The van der Waals surface area contributed by atoms with Crippen LogP contribution in [0.4, 0.5) is 0 Å². The molecule has 1 unspecified atom stereocenters. The zero-order chi connectivity index (χ0) is 15.4. The maximum Gasteiger partial charge on any atom is 0.0887 e. The number of rotatable bonds is 6. The molecule has 0 aliphatic heterocycles. The number of hydrogen-bond acceptors (Lipinski definition) is 2. The molecule has 21 heavy (non-hydrogen) atoms. The maximum atomic E-state index is 6.15. The van der Waals surface area contributed by atoms with Gasteiger partial charge >= 0.3 is 0 Å². The lowest BCUT2D eigenvalue weighted by atomic mass is 10.0. The van der Waals surface area contributed by atoms with Crippen molar-refractivity contribution in [2.75, 3.05) is 6.54 Å². The van der Waals surface area contributed by atoms with E-state index in [1.165, 1.54) is 4.88 Å². The molecule has 0 amide bonds. The first-order valence-corrected chi connectivity index (χ1v) is 9.37. The van der Waals surface area contributed by atoms with Crippen LogP contribution in [0, 0.1) is 0 Å². The lowest BCUT2D eigenvalue weighted by Crippen LogP contribution is -2.23. The molecule has 0 radical (unpaired) electrons. The third-order valence-corrected chi connectivity index (χ3v) is 6.40. The third-order valence-electron chi connectivity index (χ3n) is 3.07. The van der Waals surface area contributed by atoms with Crippen molar-refractivity contribution in [2.45, 2.75) is 25.8 Å². The van der Waals surface area contributed by atoms with Crippen molar-refractivity contribution in [1.82, 2.24) is 5.32 Å². The molecule has 0 aliphatic carbocycles. The predicted octanol–water partition coefficient (Wildman–Crippen LogP) is 6.75. The van der Waals surface area contributed by atoms with Gasteiger partial charge in [-0.1, -0.05) is 47.8 Å². The summed E-state index contributed by atoms with van der Waals surface area (Å²) in [6.07, 6.45) is 1.93. The average Bonchev–Trinajstić information content (AvgIpc) is 2.78. The second-order valence-corrected chi connectivity index (χ2v) is 8.35. The topological polar surface area (TPSA) is 12.0 Å². The van der Waals surface area contributed by atoms with E-state index in [2.05, 4.69) is 28.2 Å². The molecule has 1 atom stereocenters. The molecule has 1 nitrogen and oxygen atoms in total. The van der Waals surface area contributed by atoms with Gasteiger partial charge < -0.3 is 5.32 Å². The molecular weight excluding hydrogens is 413 g/mol. The minimum atomic E-state index is 0.219. The molecule has 1 aromatic heterocycles. The van der Waals surface area contributed by atoms with Gasteiger partial charge in [-0.15, -0.1) is 11.3 Å². The molecule has 0 saturated carbocycles. The normalized spacial score (nSPS) is 12.6. The smallest absolute Gasteiger partial charge is 0.0887 e. The van der Waals surface area contributed by atoms with Gasteiger partial charge in [0.2, 0.25) is 0 Å². The van der Waals surface area contributed by atoms with Gasteiger partial charge in [-0.05, 0) is 59.1 Å². The van der Waals surface area contributed by atoms with Crippen LogP contribution in [0.25, 0.3) is 0 Å². The van der Waals surface area contributed by atoms with Gasteiger partial charge in [-0.2, -0.15) is 0 Å². The summed E-state index contributed by atoms with van der Waals surface area (Å²) in [5.41, 5.74) is 1.15. The Bertz CT molecular complexity index is 595. The fourth-order valence-corrected chi connectivity index (χ4v) is 4.17. The monoisotopic (exact) mass is 425 g/mol. The quantitative estimate of drug-likeness (QED) is 0.537. The Labute approximate surface area is 152 Å². The van der Waals surface area contributed by atoms with Crippen molar-refractivity contribution in [2.24, 2.45) is 0 Å². The lowest BCUT2D eigenvalue weighted by molar-refractivity contribution is 0.536. The Kier molecular flexibility index (Phi) is 6.85. The van der Waals surface area contributed by atoms with Crippen LogP contribution in [0.2, 0.25) is 15.1 Å². The van der Waals surface area contributed by atoms with Crippen molar-refractivity contribution >= 4 is 62.1 Å². The third kappa shape index (κ3) is 4.85. The molecule has 1 N–H and O–H groups in total. The first-order chi connectivity index (χ1) is 10.0. The number of nitrogens with one attached hydrogen (secondary N) is 1. The summed E-state index contributed by atoms with van der Waals surface area (Å²) in [6.45, 7) is 3.11. The number of halogens is 4. The first-order valence-electron chi connectivity index (χ1n) is 6.63. The second-order valence-electron chi connectivity index (χ2n) is 4.73. The summed E-state index contributed by atoms with van der Waals surface area (Å²) < 4.78 is 0.969. The number of thiophene rings is 1. The van der Waals surface area contributed by atoms with Crippen LogP contribution >= 0.6 is 62.1 Å². The highest BCUT2D eigenvalue weighted by atomic mass is 79.9.